The van der Waals surface area contributed by atoms with E-state index in [1.807, 2.05) is 23.9 Å². The second-order valence-corrected chi connectivity index (χ2v) is 3.80. The third-order valence-corrected chi connectivity index (χ3v) is 2.44. The quantitative estimate of drug-likeness (QED) is 0.784. The van der Waals surface area contributed by atoms with Crippen LogP contribution in [0.25, 0.3) is 11.5 Å². The van der Waals surface area contributed by atoms with Gasteiger partial charge in [-0.25, -0.2) is 0 Å². The van der Waals surface area contributed by atoms with Gasteiger partial charge in [-0.15, -0.1) is 0 Å². The van der Waals surface area contributed by atoms with Gasteiger partial charge >= 0.3 is 0 Å². The Morgan fingerprint density at radius 3 is 3.06 bits per heavy atom. The summed E-state index contributed by atoms with van der Waals surface area (Å²) in [5, 5.41) is 7.76. The van der Waals surface area contributed by atoms with E-state index in [1.165, 1.54) is 0 Å². The van der Waals surface area contributed by atoms with Crippen LogP contribution in [0.1, 0.15) is 19.0 Å². The van der Waals surface area contributed by atoms with Gasteiger partial charge in [0.05, 0.1) is 12.0 Å². The molecule has 2 rings (SSSR count). The first-order chi connectivity index (χ1) is 7.81. The molecule has 1 N–H and O–H groups in total. The topological polar surface area (TPSA) is 43.0 Å². The molecule has 0 bridgehead atoms. The molecule has 2 aromatic heterocycles. The predicted octanol–water partition coefficient (Wildman–Crippen LogP) is 2.18. The average molecular weight is 219 g/mol. The van der Waals surface area contributed by atoms with Crippen LogP contribution in [0.5, 0.6) is 0 Å². The van der Waals surface area contributed by atoms with E-state index < -0.39 is 0 Å². The van der Waals surface area contributed by atoms with E-state index >= 15 is 0 Å². The van der Waals surface area contributed by atoms with Gasteiger partial charge < -0.3 is 9.73 Å². The number of rotatable bonds is 5. The molecule has 0 atom stereocenters. The zero-order valence-corrected chi connectivity index (χ0v) is 9.73. The number of nitrogens with zero attached hydrogens (tertiary/aromatic N) is 2. The largest absolute Gasteiger partial charge is 0.463 e. The Labute approximate surface area is 95.3 Å². The maximum atomic E-state index is 5.36. The summed E-state index contributed by atoms with van der Waals surface area (Å²) in [4.78, 5) is 0. The Balaban J connectivity index is 2.10. The maximum Gasteiger partial charge on any atom is 0.151 e. The highest BCUT2D eigenvalue weighted by Crippen LogP contribution is 2.19. The van der Waals surface area contributed by atoms with Crippen LogP contribution < -0.4 is 5.32 Å². The molecular formula is C12H17N3O. The summed E-state index contributed by atoms with van der Waals surface area (Å²) in [5.41, 5.74) is 2.06. The highest BCUT2D eigenvalue weighted by molar-refractivity contribution is 5.52. The van der Waals surface area contributed by atoms with Crippen molar-refractivity contribution in [3.05, 3.63) is 30.2 Å². The molecule has 0 aliphatic rings. The zero-order valence-electron chi connectivity index (χ0n) is 9.73. The van der Waals surface area contributed by atoms with Gasteiger partial charge in [0, 0.05) is 13.6 Å². The Kier molecular flexibility index (Phi) is 3.41. The van der Waals surface area contributed by atoms with E-state index in [1.54, 1.807) is 6.26 Å². The van der Waals surface area contributed by atoms with Crippen molar-refractivity contribution in [1.82, 2.24) is 15.1 Å². The standard InChI is InChI=1S/C12H17N3O/c1-3-6-13-9-10-8-11(15(2)14-10)12-5-4-7-16-12/h4-5,7-8,13H,3,6,9H2,1-2H3. The first-order valence-corrected chi connectivity index (χ1v) is 5.58. The molecule has 0 aliphatic heterocycles. The highest BCUT2D eigenvalue weighted by atomic mass is 16.3. The van der Waals surface area contributed by atoms with Crippen LogP contribution in [0, 0.1) is 0 Å². The highest BCUT2D eigenvalue weighted by Gasteiger charge is 2.08. The summed E-state index contributed by atoms with van der Waals surface area (Å²) in [6, 6.07) is 5.89. The third-order valence-electron chi connectivity index (χ3n) is 2.44. The van der Waals surface area contributed by atoms with Gasteiger partial charge in [-0.3, -0.25) is 4.68 Å². The molecular weight excluding hydrogens is 202 g/mol. The van der Waals surface area contributed by atoms with Crippen molar-refractivity contribution in [3.63, 3.8) is 0 Å². The fourth-order valence-electron chi connectivity index (χ4n) is 1.66. The summed E-state index contributed by atoms with van der Waals surface area (Å²) in [7, 11) is 1.93. The van der Waals surface area contributed by atoms with Gasteiger partial charge in [0.25, 0.3) is 0 Å². The smallest absolute Gasteiger partial charge is 0.151 e. The molecule has 0 radical (unpaired) electrons. The van der Waals surface area contributed by atoms with Crippen LogP contribution in [-0.2, 0) is 13.6 Å². The number of aryl methyl sites for hydroxylation is 1. The lowest BCUT2D eigenvalue weighted by Gasteiger charge is -1.97. The number of aromatic nitrogens is 2. The molecule has 0 fully saturated rings. The lowest BCUT2D eigenvalue weighted by molar-refractivity contribution is 0.572. The fraction of sp³-hybridized carbons (Fsp3) is 0.417. The van der Waals surface area contributed by atoms with E-state index in [4.69, 9.17) is 4.42 Å². The van der Waals surface area contributed by atoms with E-state index in [9.17, 15) is 0 Å². The molecule has 2 heterocycles. The lowest BCUT2D eigenvalue weighted by Crippen LogP contribution is -2.14. The zero-order chi connectivity index (χ0) is 11.4. The maximum absolute atomic E-state index is 5.36. The van der Waals surface area contributed by atoms with Gasteiger partial charge in [-0.05, 0) is 31.2 Å². The molecule has 0 aromatic carbocycles. The first-order valence-electron chi connectivity index (χ1n) is 5.58. The molecule has 0 saturated carbocycles. The van der Waals surface area contributed by atoms with Crippen molar-refractivity contribution in [2.24, 2.45) is 7.05 Å². The number of hydrogen-bond acceptors (Lipinski definition) is 3. The van der Waals surface area contributed by atoms with Gasteiger partial charge in [0.15, 0.2) is 5.76 Å². The Morgan fingerprint density at radius 1 is 1.50 bits per heavy atom. The second-order valence-electron chi connectivity index (χ2n) is 3.80. The number of nitrogens with one attached hydrogen (secondary N) is 1. The molecule has 0 unspecified atom stereocenters. The minimum atomic E-state index is 0.808. The molecule has 4 heteroatoms. The van der Waals surface area contributed by atoms with Crippen molar-refractivity contribution < 1.29 is 4.42 Å². The molecule has 0 saturated heterocycles. The van der Waals surface area contributed by atoms with Crippen molar-refractivity contribution in [2.75, 3.05) is 6.54 Å². The summed E-state index contributed by atoms with van der Waals surface area (Å²) < 4.78 is 7.21. The Morgan fingerprint density at radius 2 is 2.38 bits per heavy atom. The molecule has 4 nitrogen and oxygen atoms in total. The third kappa shape index (κ3) is 2.33. The van der Waals surface area contributed by atoms with Crippen LogP contribution in [0.4, 0.5) is 0 Å². The monoisotopic (exact) mass is 219 g/mol. The Bertz CT molecular complexity index is 431. The average Bonchev–Trinajstić information content (AvgIpc) is 2.87. The van der Waals surface area contributed by atoms with Gasteiger partial charge in [-0.2, -0.15) is 5.10 Å². The normalized spacial score (nSPS) is 10.9. The summed E-state index contributed by atoms with van der Waals surface area (Å²) >= 11 is 0. The molecule has 86 valence electrons. The van der Waals surface area contributed by atoms with E-state index in [0.29, 0.717) is 0 Å². The summed E-state index contributed by atoms with van der Waals surface area (Å²) in [6.45, 7) is 3.98. The number of furan rings is 1. The van der Waals surface area contributed by atoms with E-state index in [2.05, 4.69) is 23.4 Å². The second kappa shape index (κ2) is 4.99. The van der Waals surface area contributed by atoms with Crippen molar-refractivity contribution in [2.45, 2.75) is 19.9 Å². The Hall–Kier alpha value is -1.55. The fourth-order valence-corrected chi connectivity index (χ4v) is 1.66. The predicted molar refractivity (Wildman–Crippen MR) is 62.9 cm³/mol. The lowest BCUT2D eigenvalue weighted by atomic mass is 10.3. The minimum absolute atomic E-state index is 0.808. The van der Waals surface area contributed by atoms with Crippen LogP contribution in [0.3, 0.4) is 0 Å². The molecule has 0 aliphatic carbocycles. The first kappa shape index (κ1) is 11.0. The van der Waals surface area contributed by atoms with E-state index in [0.717, 1.165) is 36.7 Å². The molecule has 0 spiro atoms. The molecule has 16 heavy (non-hydrogen) atoms. The van der Waals surface area contributed by atoms with Crippen molar-refractivity contribution >= 4 is 0 Å². The number of hydrogen-bond donors (Lipinski definition) is 1. The van der Waals surface area contributed by atoms with Crippen LogP contribution in [-0.4, -0.2) is 16.3 Å². The van der Waals surface area contributed by atoms with Crippen LogP contribution in [0.2, 0.25) is 0 Å². The van der Waals surface area contributed by atoms with Gasteiger partial charge in [-0.1, -0.05) is 6.92 Å². The van der Waals surface area contributed by atoms with Crippen molar-refractivity contribution in [3.8, 4) is 11.5 Å². The summed E-state index contributed by atoms with van der Waals surface area (Å²) in [5.74, 6) is 0.858. The summed E-state index contributed by atoms with van der Waals surface area (Å²) in [6.07, 6.45) is 2.81. The SMILES string of the molecule is CCCNCc1cc(-c2ccco2)n(C)n1. The van der Waals surface area contributed by atoms with Gasteiger partial charge in [0.2, 0.25) is 0 Å². The van der Waals surface area contributed by atoms with Crippen LogP contribution in [0.15, 0.2) is 28.9 Å². The van der Waals surface area contributed by atoms with Gasteiger partial charge in [0.1, 0.15) is 5.69 Å². The van der Waals surface area contributed by atoms with Crippen LogP contribution >= 0.6 is 0 Å². The molecule has 2 aromatic rings. The molecule has 0 amide bonds. The van der Waals surface area contributed by atoms with Crippen molar-refractivity contribution in [1.29, 1.82) is 0 Å². The minimum Gasteiger partial charge on any atom is -0.463 e. The van der Waals surface area contributed by atoms with E-state index in [-0.39, 0.29) is 0 Å².